The molecule has 3 N–H and O–H groups in total. The van der Waals surface area contributed by atoms with Gasteiger partial charge in [0, 0.05) is 37.7 Å². The molecule has 23 heavy (non-hydrogen) atoms. The summed E-state index contributed by atoms with van der Waals surface area (Å²) >= 11 is 0. The highest BCUT2D eigenvalue weighted by molar-refractivity contribution is 5.89. The van der Waals surface area contributed by atoms with Crippen LogP contribution in [0, 0.1) is 0 Å². The predicted octanol–water partition coefficient (Wildman–Crippen LogP) is 1.22. The van der Waals surface area contributed by atoms with Gasteiger partial charge in [-0.1, -0.05) is 0 Å². The number of anilines is 2. The molecule has 0 unspecified atom stereocenters. The number of pyridine rings is 1. The first-order valence-corrected chi connectivity index (χ1v) is 7.57. The monoisotopic (exact) mass is 311 g/mol. The molecule has 0 aromatic carbocycles. The number of hydrogen-bond acceptors (Lipinski definition) is 7. The van der Waals surface area contributed by atoms with Crippen molar-refractivity contribution < 1.29 is 4.74 Å². The maximum Gasteiger partial charge on any atom is 0.222 e. The third-order valence-corrected chi connectivity index (χ3v) is 3.85. The van der Waals surface area contributed by atoms with Gasteiger partial charge >= 0.3 is 0 Å². The summed E-state index contributed by atoms with van der Waals surface area (Å²) in [6, 6.07) is 3.83. The molecule has 0 atom stereocenters. The summed E-state index contributed by atoms with van der Waals surface area (Å²) in [4.78, 5) is 15.5. The Hall–Kier alpha value is -2.74. The molecule has 0 saturated carbocycles. The van der Waals surface area contributed by atoms with E-state index in [4.69, 9.17) is 10.5 Å². The van der Waals surface area contributed by atoms with Crippen LogP contribution in [0.5, 0.6) is 0 Å². The van der Waals surface area contributed by atoms with Crippen LogP contribution in [0.15, 0.2) is 24.5 Å². The Morgan fingerprint density at radius 3 is 3.04 bits per heavy atom. The van der Waals surface area contributed by atoms with E-state index in [-0.39, 0.29) is 5.95 Å². The van der Waals surface area contributed by atoms with Gasteiger partial charge in [-0.15, -0.1) is 0 Å². The maximum absolute atomic E-state index is 5.91. The minimum absolute atomic E-state index is 0.249. The quantitative estimate of drug-likeness (QED) is 0.733. The lowest BCUT2D eigenvalue weighted by atomic mass is 10.2. The highest BCUT2D eigenvalue weighted by atomic mass is 16.5. The average molecular weight is 311 g/mol. The third-order valence-electron chi connectivity index (χ3n) is 3.85. The first kappa shape index (κ1) is 13.9. The zero-order valence-electron chi connectivity index (χ0n) is 12.6. The molecule has 1 aliphatic rings. The second-order valence-electron chi connectivity index (χ2n) is 5.41. The molecule has 1 fully saturated rings. The van der Waals surface area contributed by atoms with Gasteiger partial charge in [0.05, 0.1) is 17.8 Å². The van der Waals surface area contributed by atoms with Crippen LogP contribution in [0.2, 0.25) is 0 Å². The van der Waals surface area contributed by atoms with E-state index in [1.165, 1.54) is 0 Å². The molecular formula is C15H17N7O. The van der Waals surface area contributed by atoms with E-state index in [1.54, 1.807) is 12.4 Å². The van der Waals surface area contributed by atoms with Crippen LogP contribution in [-0.4, -0.2) is 51.5 Å². The number of nitrogens with two attached hydrogens (primary N) is 1. The van der Waals surface area contributed by atoms with Gasteiger partial charge in [-0.2, -0.15) is 10.1 Å². The molecule has 3 aromatic rings. The Kier molecular flexibility index (Phi) is 3.51. The Morgan fingerprint density at radius 1 is 1.22 bits per heavy atom. The number of aromatic amines is 1. The molecular weight excluding hydrogens is 294 g/mol. The maximum atomic E-state index is 5.91. The Morgan fingerprint density at radius 2 is 2.17 bits per heavy atom. The van der Waals surface area contributed by atoms with E-state index in [0.29, 0.717) is 6.61 Å². The highest BCUT2D eigenvalue weighted by Crippen LogP contribution is 2.26. The van der Waals surface area contributed by atoms with Gasteiger partial charge in [0.15, 0.2) is 5.82 Å². The molecule has 0 aliphatic carbocycles. The lowest BCUT2D eigenvalue weighted by molar-refractivity contribution is 0.152. The summed E-state index contributed by atoms with van der Waals surface area (Å²) in [5, 5.41) is 6.97. The van der Waals surface area contributed by atoms with E-state index in [1.807, 2.05) is 12.1 Å². The van der Waals surface area contributed by atoms with Crippen molar-refractivity contribution in [3.05, 3.63) is 24.5 Å². The van der Waals surface area contributed by atoms with E-state index < -0.39 is 0 Å². The predicted molar refractivity (Wildman–Crippen MR) is 87.0 cm³/mol. The van der Waals surface area contributed by atoms with Gasteiger partial charge in [-0.05, 0) is 18.6 Å². The lowest BCUT2D eigenvalue weighted by Crippen LogP contribution is -2.27. The summed E-state index contributed by atoms with van der Waals surface area (Å²) in [7, 11) is 0. The molecule has 4 rings (SSSR count). The molecule has 0 amide bonds. The normalized spacial score (nSPS) is 15.7. The molecule has 8 heteroatoms. The minimum Gasteiger partial charge on any atom is -0.380 e. The second-order valence-corrected chi connectivity index (χ2v) is 5.41. The highest BCUT2D eigenvalue weighted by Gasteiger charge is 2.17. The average Bonchev–Trinajstić information content (AvgIpc) is 2.96. The van der Waals surface area contributed by atoms with Crippen LogP contribution in [0.4, 0.5) is 11.8 Å². The standard InChI is InChI=1S/C15H17N7O/c16-15-19-12-8-10(11-2-3-18-21-11)9-17-13(12)14(20-15)22-4-1-6-23-7-5-22/h2-3,8-9H,1,4-7H2,(H,18,21)(H2,16,19,20). The van der Waals surface area contributed by atoms with E-state index in [9.17, 15) is 0 Å². The molecule has 1 saturated heterocycles. The van der Waals surface area contributed by atoms with Crippen molar-refractivity contribution in [2.45, 2.75) is 6.42 Å². The van der Waals surface area contributed by atoms with Crippen molar-refractivity contribution in [1.82, 2.24) is 25.1 Å². The van der Waals surface area contributed by atoms with Crippen molar-refractivity contribution in [1.29, 1.82) is 0 Å². The summed E-state index contributed by atoms with van der Waals surface area (Å²) in [5.74, 6) is 1.02. The van der Waals surface area contributed by atoms with Crippen LogP contribution in [-0.2, 0) is 4.74 Å². The summed E-state index contributed by atoms with van der Waals surface area (Å²) in [6.45, 7) is 3.09. The van der Waals surface area contributed by atoms with Gasteiger partial charge < -0.3 is 15.4 Å². The molecule has 0 radical (unpaired) electrons. The largest absolute Gasteiger partial charge is 0.380 e. The van der Waals surface area contributed by atoms with E-state index in [0.717, 1.165) is 54.2 Å². The third kappa shape index (κ3) is 2.68. The Bertz CT molecular complexity index is 810. The van der Waals surface area contributed by atoms with Gasteiger partial charge in [0.2, 0.25) is 5.95 Å². The molecule has 3 aromatic heterocycles. The number of rotatable bonds is 2. The van der Waals surface area contributed by atoms with Crippen LogP contribution in [0.3, 0.4) is 0 Å². The van der Waals surface area contributed by atoms with Crippen LogP contribution >= 0.6 is 0 Å². The fraction of sp³-hybridized carbons (Fsp3) is 0.333. The molecule has 118 valence electrons. The van der Waals surface area contributed by atoms with Crippen molar-refractivity contribution in [3.63, 3.8) is 0 Å². The number of nitrogens with one attached hydrogen (secondary N) is 1. The molecule has 4 heterocycles. The van der Waals surface area contributed by atoms with Crippen LogP contribution in [0.25, 0.3) is 22.3 Å². The first-order valence-electron chi connectivity index (χ1n) is 7.57. The SMILES string of the molecule is Nc1nc(N2CCCOCC2)c2ncc(-c3cc[nH]n3)cc2n1. The van der Waals surface area contributed by atoms with Crippen molar-refractivity contribution in [3.8, 4) is 11.3 Å². The number of nitrogen functional groups attached to an aromatic ring is 1. The molecule has 0 spiro atoms. The molecule has 0 bridgehead atoms. The van der Waals surface area contributed by atoms with Gasteiger partial charge in [-0.3, -0.25) is 5.10 Å². The smallest absolute Gasteiger partial charge is 0.222 e. The fourth-order valence-electron chi connectivity index (χ4n) is 2.76. The first-order chi connectivity index (χ1) is 11.3. The zero-order valence-corrected chi connectivity index (χ0v) is 12.6. The Labute approximate surface area is 132 Å². The van der Waals surface area contributed by atoms with E-state index >= 15 is 0 Å². The number of hydrogen-bond donors (Lipinski definition) is 2. The fourth-order valence-corrected chi connectivity index (χ4v) is 2.76. The van der Waals surface area contributed by atoms with Crippen molar-refractivity contribution in [2.75, 3.05) is 36.9 Å². The van der Waals surface area contributed by atoms with Gasteiger partial charge in [0.25, 0.3) is 0 Å². The lowest BCUT2D eigenvalue weighted by Gasteiger charge is -2.21. The number of H-pyrrole nitrogens is 1. The number of fused-ring (bicyclic) bond motifs is 1. The Balaban J connectivity index is 1.81. The van der Waals surface area contributed by atoms with Crippen molar-refractivity contribution >= 4 is 22.8 Å². The topological polar surface area (TPSA) is 106 Å². The summed E-state index contributed by atoms with van der Waals surface area (Å²) in [6.07, 6.45) is 4.52. The van der Waals surface area contributed by atoms with Crippen LogP contribution < -0.4 is 10.6 Å². The van der Waals surface area contributed by atoms with E-state index in [2.05, 4.69) is 30.0 Å². The number of ether oxygens (including phenoxy) is 1. The number of aromatic nitrogens is 5. The second kappa shape index (κ2) is 5.81. The van der Waals surface area contributed by atoms with Crippen LogP contribution in [0.1, 0.15) is 6.42 Å². The molecule has 8 nitrogen and oxygen atoms in total. The minimum atomic E-state index is 0.249. The summed E-state index contributed by atoms with van der Waals surface area (Å²) in [5.41, 5.74) is 9.09. The zero-order chi connectivity index (χ0) is 15.6. The summed E-state index contributed by atoms with van der Waals surface area (Å²) < 4.78 is 5.51. The van der Waals surface area contributed by atoms with Gasteiger partial charge in [-0.25, -0.2) is 9.97 Å². The number of nitrogens with zero attached hydrogens (tertiary/aromatic N) is 5. The van der Waals surface area contributed by atoms with Crippen molar-refractivity contribution in [2.24, 2.45) is 0 Å². The van der Waals surface area contributed by atoms with Gasteiger partial charge in [0.1, 0.15) is 5.52 Å². The molecule has 1 aliphatic heterocycles.